The molecule has 1 aromatic rings. The van der Waals surface area contributed by atoms with Crippen LogP contribution < -0.4 is 5.32 Å². The molecule has 1 unspecified atom stereocenters. The van der Waals surface area contributed by atoms with Crippen molar-refractivity contribution >= 4 is 5.82 Å². The number of nitrogens with zero attached hydrogens (tertiary/aromatic N) is 2. The standard InChI is InChI=1S/C17H27N3O2/c1-3-14-10-16(20-13(2)19-14)18-11-15-12-21-17(22-15)8-6-4-5-7-9-17/h10,15H,3-9,11-12H2,1-2H3,(H,18,19,20). The van der Waals surface area contributed by atoms with Crippen LogP contribution in [0.3, 0.4) is 0 Å². The van der Waals surface area contributed by atoms with E-state index in [4.69, 9.17) is 9.47 Å². The molecule has 2 aliphatic rings. The number of hydrogen-bond donors (Lipinski definition) is 1. The average Bonchev–Trinajstić information content (AvgIpc) is 2.76. The van der Waals surface area contributed by atoms with Gasteiger partial charge in [0.05, 0.1) is 6.61 Å². The Morgan fingerprint density at radius 3 is 2.73 bits per heavy atom. The molecule has 5 nitrogen and oxygen atoms in total. The van der Waals surface area contributed by atoms with Gasteiger partial charge in [-0.05, 0) is 26.2 Å². The molecule has 1 spiro atoms. The zero-order chi connectivity index (χ0) is 15.4. The number of hydrogen-bond acceptors (Lipinski definition) is 5. The highest BCUT2D eigenvalue weighted by atomic mass is 16.7. The minimum Gasteiger partial charge on any atom is -0.367 e. The van der Waals surface area contributed by atoms with E-state index in [0.717, 1.165) is 43.1 Å². The van der Waals surface area contributed by atoms with Crippen molar-refractivity contribution in [1.82, 2.24) is 9.97 Å². The van der Waals surface area contributed by atoms with Crippen LogP contribution >= 0.6 is 0 Å². The van der Waals surface area contributed by atoms with E-state index in [9.17, 15) is 0 Å². The van der Waals surface area contributed by atoms with E-state index in [1.807, 2.05) is 13.0 Å². The normalized spacial score (nSPS) is 24.4. The van der Waals surface area contributed by atoms with Gasteiger partial charge >= 0.3 is 0 Å². The number of aromatic nitrogens is 2. The molecule has 2 fully saturated rings. The van der Waals surface area contributed by atoms with Gasteiger partial charge in [-0.1, -0.05) is 19.8 Å². The van der Waals surface area contributed by atoms with E-state index in [1.54, 1.807) is 0 Å². The predicted octanol–water partition coefficient (Wildman–Crippen LogP) is 3.23. The first-order valence-electron chi connectivity index (χ1n) is 8.59. The van der Waals surface area contributed by atoms with Crippen LogP contribution in [0.1, 0.15) is 57.0 Å². The second-order valence-corrected chi connectivity index (χ2v) is 6.40. The maximum atomic E-state index is 6.25. The summed E-state index contributed by atoms with van der Waals surface area (Å²) in [4.78, 5) is 8.85. The van der Waals surface area contributed by atoms with Crippen LogP contribution in [0.4, 0.5) is 5.82 Å². The van der Waals surface area contributed by atoms with Gasteiger partial charge < -0.3 is 14.8 Å². The minimum atomic E-state index is -0.307. The number of nitrogens with one attached hydrogen (secondary N) is 1. The Balaban J connectivity index is 1.55. The summed E-state index contributed by atoms with van der Waals surface area (Å²) in [5, 5.41) is 3.38. The third-order valence-corrected chi connectivity index (χ3v) is 4.54. The van der Waals surface area contributed by atoms with Crippen molar-refractivity contribution in [2.45, 2.75) is 70.7 Å². The summed E-state index contributed by atoms with van der Waals surface area (Å²) >= 11 is 0. The summed E-state index contributed by atoms with van der Waals surface area (Å²) in [6, 6.07) is 2.02. The summed E-state index contributed by atoms with van der Waals surface area (Å²) in [6.07, 6.45) is 8.14. The van der Waals surface area contributed by atoms with Gasteiger partial charge in [-0.15, -0.1) is 0 Å². The smallest absolute Gasteiger partial charge is 0.168 e. The largest absolute Gasteiger partial charge is 0.367 e. The van der Waals surface area contributed by atoms with E-state index >= 15 is 0 Å². The molecule has 122 valence electrons. The Morgan fingerprint density at radius 2 is 2.00 bits per heavy atom. The number of rotatable bonds is 4. The van der Waals surface area contributed by atoms with Crippen molar-refractivity contribution in [2.24, 2.45) is 0 Å². The Labute approximate surface area is 132 Å². The Hall–Kier alpha value is -1.20. The molecule has 0 aromatic carbocycles. The quantitative estimate of drug-likeness (QED) is 0.925. The molecule has 1 saturated carbocycles. The van der Waals surface area contributed by atoms with E-state index in [0.29, 0.717) is 6.61 Å². The highest BCUT2D eigenvalue weighted by Gasteiger charge is 2.41. The first-order valence-corrected chi connectivity index (χ1v) is 8.59. The van der Waals surface area contributed by atoms with Gasteiger partial charge in [0, 0.05) is 31.1 Å². The van der Waals surface area contributed by atoms with E-state index in [1.165, 1.54) is 25.7 Å². The highest BCUT2D eigenvalue weighted by Crippen LogP contribution is 2.36. The predicted molar refractivity (Wildman–Crippen MR) is 85.9 cm³/mol. The molecule has 3 rings (SSSR count). The van der Waals surface area contributed by atoms with Crippen LogP contribution in [-0.2, 0) is 15.9 Å². The molecule has 22 heavy (non-hydrogen) atoms. The summed E-state index contributed by atoms with van der Waals surface area (Å²) in [5.41, 5.74) is 1.07. The molecule has 0 radical (unpaired) electrons. The van der Waals surface area contributed by atoms with E-state index < -0.39 is 0 Å². The third-order valence-electron chi connectivity index (χ3n) is 4.54. The van der Waals surface area contributed by atoms with Crippen LogP contribution in [0.2, 0.25) is 0 Å². The zero-order valence-electron chi connectivity index (χ0n) is 13.7. The van der Waals surface area contributed by atoms with Crippen LogP contribution in [0, 0.1) is 6.92 Å². The van der Waals surface area contributed by atoms with Gasteiger partial charge in [-0.3, -0.25) is 0 Å². The fourth-order valence-electron chi connectivity index (χ4n) is 3.37. The molecule has 5 heteroatoms. The molecule has 1 saturated heterocycles. The maximum Gasteiger partial charge on any atom is 0.168 e. The lowest BCUT2D eigenvalue weighted by Gasteiger charge is -2.26. The number of aryl methyl sites for hydroxylation is 2. The van der Waals surface area contributed by atoms with Crippen molar-refractivity contribution in [2.75, 3.05) is 18.5 Å². The molecule has 0 bridgehead atoms. The van der Waals surface area contributed by atoms with Gasteiger partial charge in [0.2, 0.25) is 0 Å². The van der Waals surface area contributed by atoms with Crippen molar-refractivity contribution < 1.29 is 9.47 Å². The molecule has 1 aliphatic carbocycles. The van der Waals surface area contributed by atoms with Gasteiger partial charge in [-0.25, -0.2) is 9.97 Å². The maximum absolute atomic E-state index is 6.25. The second kappa shape index (κ2) is 6.92. The Morgan fingerprint density at radius 1 is 1.23 bits per heavy atom. The van der Waals surface area contributed by atoms with Gasteiger partial charge in [0.15, 0.2) is 5.79 Å². The van der Waals surface area contributed by atoms with Crippen LogP contribution in [-0.4, -0.2) is 35.0 Å². The van der Waals surface area contributed by atoms with Crippen molar-refractivity contribution in [3.8, 4) is 0 Å². The monoisotopic (exact) mass is 305 g/mol. The Kier molecular flexibility index (Phi) is 4.93. The first kappa shape index (κ1) is 15.7. The molecular formula is C17H27N3O2. The average molecular weight is 305 g/mol. The van der Waals surface area contributed by atoms with Crippen LogP contribution in [0.25, 0.3) is 0 Å². The van der Waals surface area contributed by atoms with Crippen LogP contribution in [0.15, 0.2) is 6.07 Å². The molecule has 2 heterocycles. The fraction of sp³-hybridized carbons (Fsp3) is 0.765. The van der Waals surface area contributed by atoms with Crippen molar-refractivity contribution in [3.05, 3.63) is 17.6 Å². The lowest BCUT2D eigenvalue weighted by Crippen LogP contribution is -2.31. The summed E-state index contributed by atoms with van der Waals surface area (Å²) in [6.45, 7) is 5.45. The summed E-state index contributed by atoms with van der Waals surface area (Å²) in [5.74, 6) is 1.39. The molecular weight excluding hydrogens is 278 g/mol. The fourth-order valence-corrected chi connectivity index (χ4v) is 3.37. The number of ether oxygens (including phenoxy) is 2. The van der Waals surface area contributed by atoms with E-state index in [2.05, 4.69) is 22.2 Å². The SMILES string of the molecule is CCc1cc(NCC2COC3(CCCCCC3)O2)nc(C)n1. The van der Waals surface area contributed by atoms with Gasteiger partial charge in [0.1, 0.15) is 17.7 Å². The van der Waals surface area contributed by atoms with Gasteiger partial charge in [-0.2, -0.15) is 0 Å². The molecule has 1 atom stereocenters. The second-order valence-electron chi connectivity index (χ2n) is 6.40. The zero-order valence-corrected chi connectivity index (χ0v) is 13.7. The van der Waals surface area contributed by atoms with Gasteiger partial charge in [0.25, 0.3) is 0 Å². The topological polar surface area (TPSA) is 56.3 Å². The number of anilines is 1. The molecule has 0 amide bonds. The van der Waals surface area contributed by atoms with Crippen molar-refractivity contribution in [3.63, 3.8) is 0 Å². The lowest BCUT2D eigenvalue weighted by atomic mass is 10.1. The molecule has 1 N–H and O–H groups in total. The first-order chi connectivity index (χ1) is 10.7. The highest BCUT2D eigenvalue weighted by molar-refractivity contribution is 5.36. The van der Waals surface area contributed by atoms with Crippen molar-refractivity contribution in [1.29, 1.82) is 0 Å². The van der Waals surface area contributed by atoms with Crippen LogP contribution in [0.5, 0.6) is 0 Å². The van der Waals surface area contributed by atoms with E-state index in [-0.39, 0.29) is 11.9 Å². The third kappa shape index (κ3) is 3.76. The summed E-state index contributed by atoms with van der Waals surface area (Å²) < 4.78 is 12.3. The molecule has 1 aliphatic heterocycles. The Bertz CT molecular complexity index is 499. The summed E-state index contributed by atoms with van der Waals surface area (Å²) in [7, 11) is 0. The minimum absolute atomic E-state index is 0.110. The lowest BCUT2D eigenvalue weighted by molar-refractivity contribution is -0.174. The molecule has 1 aromatic heterocycles.